The van der Waals surface area contributed by atoms with Crippen molar-refractivity contribution in [3.8, 4) is 0 Å². The summed E-state index contributed by atoms with van der Waals surface area (Å²) in [5, 5.41) is 20.2. The summed E-state index contributed by atoms with van der Waals surface area (Å²) in [6.07, 6.45) is -0.0902. The Morgan fingerprint density at radius 1 is 1.00 bits per heavy atom. The van der Waals surface area contributed by atoms with Crippen molar-refractivity contribution in [3.63, 3.8) is 0 Å². The smallest absolute Gasteiger partial charge is 0.321 e. The van der Waals surface area contributed by atoms with Crippen LogP contribution in [0.5, 0.6) is 0 Å². The summed E-state index contributed by atoms with van der Waals surface area (Å²) in [7, 11) is 0. The third kappa shape index (κ3) is 2.11. The van der Waals surface area contributed by atoms with Crippen LogP contribution in [-0.4, -0.2) is 22.2 Å². The van der Waals surface area contributed by atoms with Crippen LogP contribution < -0.4 is 0 Å². The van der Waals surface area contributed by atoms with Gasteiger partial charge in [-0.3, -0.25) is 9.59 Å². The van der Waals surface area contributed by atoms with Crippen molar-refractivity contribution in [2.75, 3.05) is 0 Å². The fourth-order valence-electron chi connectivity index (χ4n) is 2.53. The third-order valence-electron chi connectivity index (χ3n) is 3.94. The molecule has 2 N–H and O–H groups in total. The van der Waals surface area contributed by atoms with E-state index in [9.17, 15) is 19.8 Å². The molecule has 1 aromatic heterocycles. The summed E-state index contributed by atoms with van der Waals surface area (Å²) < 4.78 is 5.70. The van der Waals surface area contributed by atoms with Crippen LogP contribution in [0.1, 0.15) is 12.5 Å². The van der Waals surface area contributed by atoms with E-state index < -0.39 is 17.4 Å². The average molecular weight is 298 g/mol. The Kier molecular flexibility index (Phi) is 3.13. The van der Waals surface area contributed by atoms with Gasteiger partial charge in [-0.05, 0) is 37.1 Å². The fraction of sp³-hybridized carbons (Fsp3) is 0.176. The number of aliphatic carboxylic acids is 2. The molecule has 112 valence electrons. The molecular formula is C17H14O5. The summed E-state index contributed by atoms with van der Waals surface area (Å²) in [6, 6.07) is 12.8. The van der Waals surface area contributed by atoms with E-state index in [0.717, 1.165) is 16.4 Å². The maximum absolute atomic E-state index is 11.3. The first-order valence-electron chi connectivity index (χ1n) is 6.79. The summed E-state index contributed by atoms with van der Waals surface area (Å²) in [4.78, 5) is 22.6. The lowest BCUT2D eigenvalue weighted by atomic mass is 9.83. The van der Waals surface area contributed by atoms with Gasteiger partial charge in [0.15, 0.2) is 5.41 Å². The van der Waals surface area contributed by atoms with E-state index in [1.807, 2.05) is 24.3 Å². The molecule has 0 amide bonds. The molecule has 2 aromatic carbocycles. The Labute approximate surface area is 125 Å². The number of hydrogen-bond donors (Lipinski definition) is 2. The molecule has 0 aliphatic carbocycles. The number of fused-ring (bicyclic) bond motifs is 3. The van der Waals surface area contributed by atoms with Gasteiger partial charge in [0.05, 0.1) is 0 Å². The van der Waals surface area contributed by atoms with Gasteiger partial charge in [-0.25, -0.2) is 0 Å². The van der Waals surface area contributed by atoms with E-state index in [1.165, 1.54) is 6.92 Å². The number of carboxylic acid groups (broad SMARTS) is 2. The van der Waals surface area contributed by atoms with E-state index in [0.29, 0.717) is 11.1 Å². The molecular weight excluding hydrogens is 284 g/mol. The van der Waals surface area contributed by atoms with Crippen molar-refractivity contribution in [1.29, 1.82) is 0 Å². The molecule has 0 fully saturated rings. The van der Waals surface area contributed by atoms with Gasteiger partial charge in [0, 0.05) is 10.8 Å². The monoisotopic (exact) mass is 298 g/mol. The Morgan fingerprint density at radius 2 is 1.64 bits per heavy atom. The molecule has 1 heterocycles. The van der Waals surface area contributed by atoms with Gasteiger partial charge >= 0.3 is 11.9 Å². The van der Waals surface area contributed by atoms with Gasteiger partial charge in [-0.2, -0.15) is 0 Å². The number of rotatable bonds is 4. The van der Waals surface area contributed by atoms with Gasteiger partial charge in [-0.1, -0.05) is 24.3 Å². The molecule has 5 heteroatoms. The van der Waals surface area contributed by atoms with Crippen LogP contribution in [0.4, 0.5) is 0 Å². The Balaban J connectivity index is 2.10. The number of carbonyl (C=O) groups is 2. The van der Waals surface area contributed by atoms with Crippen LogP contribution in [0, 0.1) is 5.41 Å². The Bertz CT molecular complexity index is 876. The van der Waals surface area contributed by atoms with Crippen LogP contribution in [-0.2, 0) is 16.0 Å². The zero-order valence-electron chi connectivity index (χ0n) is 11.9. The summed E-state index contributed by atoms with van der Waals surface area (Å²) in [6.45, 7) is 1.22. The summed E-state index contributed by atoms with van der Waals surface area (Å²) >= 11 is 0. The van der Waals surface area contributed by atoms with Gasteiger partial charge in [0.1, 0.15) is 11.2 Å². The lowest BCUT2D eigenvalue weighted by Crippen LogP contribution is -2.38. The number of carboxylic acids is 2. The van der Waals surface area contributed by atoms with Crippen LogP contribution in [0.15, 0.2) is 46.9 Å². The molecule has 0 radical (unpaired) electrons. The molecule has 0 atom stereocenters. The minimum absolute atomic E-state index is 0.0902. The van der Waals surface area contributed by atoms with Gasteiger partial charge in [0.2, 0.25) is 0 Å². The van der Waals surface area contributed by atoms with Crippen molar-refractivity contribution in [1.82, 2.24) is 0 Å². The van der Waals surface area contributed by atoms with Gasteiger partial charge in [0.25, 0.3) is 0 Å². The van der Waals surface area contributed by atoms with Crippen molar-refractivity contribution < 1.29 is 24.2 Å². The van der Waals surface area contributed by atoms with Crippen LogP contribution in [0.3, 0.4) is 0 Å². The molecule has 0 aliphatic heterocycles. The van der Waals surface area contributed by atoms with Crippen molar-refractivity contribution >= 4 is 33.9 Å². The predicted octanol–water partition coefficient (Wildman–Crippen LogP) is 3.30. The summed E-state index contributed by atoms with van der Waals surface area (Å²) in [5.74, 6) is -2.70. The topological polar surface area (TPSA) is 87.7 Å². The van der Waals surface area contributed by atoms with Crippen LogP contribution >= 0.6 is 0 Å². The fourth-order valence-corrected chi connectivity index (χ4v) is 2.53. The Hall–Kier alpha value is -2.82. The maximum atomic E-state index is 11.3. The highest BCUT2D eigenvalue weighted by molar-refractivity contribution is 6.05. The quantitative estimate of drug-likeness (QED) is 0.721. The van der Waals surface area contributed by atoms with E-state index in [1.54, 1.807) is 18.2 Å². The molecule has 5 nitrogen and oxygen atoms in total. The zero-order chi connectivity index (χ0) is 15.9. The number of para-hydroxylation sites is 1. The highest BCUT2D eigenvalue weighted by Crippen LogP contribution is 2.31. The Morgan fingerprint density at radius 3 is 2.32 bits per heavy atom. The molecule has 0 unspecified atom stereocenters. The zero-order valence-corrected chi connectivity index (χ0v) is 11.9. The highest BCUT2D eigenvalue weighted by atomic mass is 16.4. The number of benzene rings is 2. The first-order valence-corrected chi connectivity index (χ1v) is 6.79. The molecule has 3 rings (SSSR count). The highest BCUT2D eigenvalue weighted by Gasteiger charge is 2.41. The SMILES string of the molecule is CC(Cc1ccc2oc3ccccc3c2c1)(C(=O)O)C(=O)O. The largest absolute Gasteiger partial charge is 0.480 e. The molecule has 0 saturated carbocycles. The second kappa shape index (κ2) is 4.87. The minimum atomic E-state index is -1.85. The molecule has 0 saturated heterocycles. The van der Waals surface area contributed by atoms with E-state index in [-0.39, 0.29) is 6.42 Å². The van der Waals surface area contributed by atoms with Crippen molar-refractivity contribution in [2.45, 2.75) is 13.3 Å². The predicted molar refractivity (Wildman–Crippen MR) is 80.8 cm³/mol. The second-order valence-corrected chi connectivity index (χ2v) is 5.55. The van der Waals surface area contributed by atoms with Gasteiger partial charge < -0.3 is 14.6 Å². The minimum Gasteiger partial charge on any atom is -0.480 e. The summed E-state index contributed by atoms with van der Waals surface area (Å²) in [5.41, 5.74) is 0.227. The molecule has 3 aromatic rings. The normalized spacial score (nSPS) is 11.9. The van der Waals surface area contributed by atoms with Crippen LogP contribution in [0.2, 0.25) is 0 Å². The molecule has 0 bridgehead atoms. The van der Waals surface area contributed by atoms with Crippen molar-refractivity contribution in [3.05, 3.63) is 48.0 Å². The first-order chi connectivity index (χ1) is 10.4. The molecule has 0 aliphatic rings. The maximum Gasteiger partial charge on any atom is 0.321 e. The molecule has 0 spiro atoms. The number of furan rings is 1. The van der Waals surface area contributed by atoms with E-state index >= 15 is 0 Å². The van der Waals surface area contributed by atoms with E-state index in [4.69, 9.17) is 4.42 Å². The van der Waals surface area contributed by atoms with Crippen molar-refractivity contribution in [2.24, 2.45) is 5.41 Å². The second-order valence-electron chi connectivity index (χ2n) is 5.55. The van der Waals surface area contributed by atoms with Crippen LogP contribution in [0.25, 0.3) is 21.9 Å². The standard InChI is InChI=1S/C17H14O5/c1-17(15(18)19,16(20)21)9-10-6-7-14-12(8-10)11-4-2-3-5-13(11)22-14/h2-8H,9H2,1H3,(H,18,19)(H,20,21). The van der Waals surface area contributed by atoms with E-state index in [2.05, 4.69) is 0 Å². The third-order valence-corrected chi connectivity index (χ3v) is 3.94. The van der Waals surface area contributed by atoms with Gasteiger partial charge in [-0.15, -0.1) is 0 Å². The lowest BCUT2D eigenvalue weighted by molar-refractivity contribution is -0.163. The first kappa shape index (κ1) is 14.1. The lowest BCUT2D eigenvalue weighted by Gasteiger charge is -2.19. The molecule has 22 heavy (non-hydrogen) atoms. The number of hydrogen-bond acceptors (Lipinski definition) is 3. The average Bonchev–Trinajstić information content (AvgIpc) is 2.85.